The Hall–Kier alpha value is -2.63. The first-order chi connectivity index (χ1) is 11.6. The quantitative estimate of drug-likeness (QED) is 0.807. The smallest absolute Gasteiger partial charge is 0.410 e. The van der Waals surface area contributed by atoms with Gasteiger partial charge in [0.1, 0.15) is 5.60 Å². The molecule has 2 aliphatic rings. The maximum Gasteiger partial charge on any atom is 0.410 e. The van der Waals surface area contributed by atoms with E-state index >= 15 is 0 Å². The van der Waals surface area contributed by atoms with Crippen molar-refractivity contribution in [3.8, 4) is 0 Å². The van der Waals surface area contributed by atoms with Crippen LogP contribution in [0.15, 0.2) is 36.7 Å². The lowest BCUT2D eigenvalue weighted by Gasteiger charge is -2.37. The van der Waals surface area contributed by atoms with E-state index in [0.29, 0.717) is 38.0 Å². The first-order valence-electron chi connectivity index (χ1n) is 8.14. The number of piperidine rings is 1. The Morgan fingerprint density at radius 2 is 2.04 bits per heavy atom. The highest BCUT2D eigenvalue weighted by molar-refractivity contribution is 6.06. The summed E-state index contributed by atoms with van der Waals surface area (Å²) in [5, 5.41) is 1.88. The van der Waals surface area contributed by atoms with Crippen molar-refractivity contribution in [3.63, 3.8) is 0 Å². The lowest BCUT2D eigenvalue weighted by molar-refractivity contribution is 0.00323. The van der Waals surface area contributed by atoms with Gasteiger partial charge in [0, 0.05) is 56.3 Å². The average Bonchev–Trinajstić information content (AvgIpc) is 2.88. The first kappa shape index (κ1) is 14.9. The van der Waals surface area contributed by atoms with Gasteiger partial charge in [-0.15, -0.1) is 0 Å². The molecule has 0 atom stereocenters. The van der Waals surface area contributed by atoms with Gasteiger partial charge in [-0.2, -0.15) is 0 Å². The lowest BCUT2D eigenvalue weighted by atomic mass is 9.91. The fourth-order valence-electron chi connectivity index (χ4n) is 3.65. The van der Waals surface area contributed by atoms with Gasteiger partial charge in [-0.3, -0.25) is 9.78 Å². The number of likely N-dealkylation sites (tertiary alicyclic amines) is 1. The largest absolute Gasteiger partial charge is 0.441 e. The number of ether oxygens (including phenoxy) is 1. The maximum atomic E-state index is 12.9. The van der Waals surface area contributed by atoms with Gasteiger partial charge in [-0.05, 0) is 17.5 Å². The number of benzene rings is 1. The van der Waals surface area contributed by atoms with Crippen molar-refractivity contribution in [2.75, 3.05) is 26.7 Å². The second kappa shape index (κ2) is 5.47. The molecule has 0 unspecified atom stereocenters. The molecule has 0 saturated carbocycles. The van der Waals surface area contributed by atoms with Crippen LogP contribution in [0.3, 0.4) is 0 Å². The minimum atomic E-state index is -0.425. The molecule has 2 fully saturated rings. The minimum absolute atomic E-state index is 0.0272. The number of nitrogens with zero attached hydrogens (tertiary/aromatic N) is 3. The van der Waals surface area contributed by atoms with E-state index in [-0.39, 0.29) is 12.0 Å². The molecule has 0 N–H and O–H groups in total. The van der Waals surface area contributed by atoms with Crippen LogP contribution >= 0.6 is 0 Å². The van der Waals surface area contributed by atoms with Crippen LogP contribution < -0.4 is 0 Å². The molecule has 24 heavy (non-hydrogen) atoms. The summed E-state index contributed by atoms with van der Waals surface area (Å²) < 4.78 is 5.55. The molecule has 124 valence electrons. The van der Waals surface area contributed by atoms with Crippen LogP contribution in [0.2, 0.25) is 0 Å². The van der Waals surface area contributed by atoms with Crippen molar-refractivity contribution in [2.24, 2.45) is 0 Å². The molecule has 2 aliphatic heterocycles. The van der Waals surface area contributed by atoms with E-state index in [1.54, 1.807) is 24.3 Å². The van der Waals surface area contributed by atoms with Crippen LogP contribution in [0.1, 0.15) is 23.2 Å². The van der Waals surface area contributed by atoms with Crippen LogP contribution in [-0.2, 0) is 4.74 Å². The van der Waals surface area contributed by atoms with Crippen LogP contribution in [0.4, 0.5) is 4.79 Å². The molecule has 2 aromatic rings. The summed E-state index contributed by atoms with van der Waals surface area (Å²) >= 11 is 0. The number of carbonyl (C=O) groups is 2. The number of amides is 2. The number of likely N-dealkylation sites (N-methyl/N-ethyl adjacent to an activating group) is 1. The van der Waals surface area contributed by atoms with E-state index in [4.69, 9.17) is 4.74 Å². The van der Waals surface area contributed by atoms with E-state index in [1.165, 1.54) is 0 Å². The highest BCUT2D eigenvalue weighted by Gasteiger charge is 2.46. The predicted molar refractivity (Wildman–Crippen MR) is 88.7 cm³/mol. The topological polar surface area (TPSA) is 62.7 Å². The molecule has 0 radical (unpaired) electrons. The number of carbonyl (C=O) groups excluding carboxylic acids is 2. The van der Waals surface area contributed by atoms with Crippen molar-refractivity contribution >= 4 is 22.8 Å². The summed E-state index contributed by atoms with van der Waals surface area (Å²) in [6, 6.07) is 7.58. The molecule has 0 bridgehead atoms. The van der Waals surface area contributed by atoms with Crippen molar-refractivity contribution in [1.29, 1.82) is 0 Å². The molecule has 4 rings (SSSR count). The van der Waals surface area contributed by atoms with E-state index in [1.807, 2.05) is 29.2 Å². The Balaban J connectivity index is 1.53. The van der Waals surface area contributed by atoms with Gasteiger partial charge in [0.2, 0.25) is 0 Å². The van der Waals surface area contributed by atoms with Crippen LogP contribution in [0.25, 0.3) is 10.8 Å². The highest BCUT2D eigenvalue weighted by Crippen LogP contribution is 2.33. The van der Waals surface area contributed by atoms with Gasteiger partial charge in [-0.25, -0.2) is 4.79 Å². The van der Waals surface area contributed by atoms with Crippen molar-refractivity contribution in [2.45, 2.75) is 18.4 Å². The molecule has 2 amide bonds. The van der Waals surface area contributed by atoms with Crippen LogP contribution in [0, 0.1) is 0 Å². The number of aromatic nitrogens is 1. The summed E-state index contributed by atoms with van der Waals surface area (Å²) in [4.78, 5) is 32.2. The normalized spacial score (nSPS) is 19.8. The Morgan fingerprint density at radius 1 is 1.25 bits per heavy atom. The third-order valence-corrected chi connectivity index (χ3v) is 5.01. The summed E-state index contributed by atoms with van der Waals surface area (Å²) in [6.07, 6.45) is 4.57. The molecule has 0 aliphatic carbocycles. The van der Waals surface area contributed by atoms with Crippen molar-refractivity contribution in [3.05, 3.63) is 42.2 Å². The van der Waals surface area contributed by atoms with Crippen molar-refractivity contribution in [1.82, 2.24) is 14.8 Å². The van der Waals surface area contributed by atoms with Gasteiger partial charge in [0.15, 0.2) is 0 Å². The fraction of sp³-hybridized carbons (Fsp3) is 0.389. The number of fused-ring (bicyclic) bond motifs is 1. The van der Waals surface area contributed by atoms with E-state index < -0.39 is 5.60 Å². The average molecular weight is 325 g/mol. The van der Waals surface area contributed by atoms with Crippen molar-refractivity contribution < 1.29 is 14.3 Å². The molecule has 1 aromatic heterocycles. The van der Waals surface area contributed by atoms with Crippen LogP contribution in [0.5, 0.6) is 0 Å². The summed E-state index contributed by atoms with van der Waals surface area (Å²) in [7, 11) is 1.75. The monoisotopic (exact) mass is 325 g/mol. The molecule has 2 saturated heterocycles. The zero-order valence-corrected chi connectivity index (χ0v) is 13.6. The number of pyridine rings is 1. The second-order valence-electron chi connectivity index (χ2n) is 6.60. The molecule has 6 nitrogen and oxygen atoms in total. The van der Waals surface area contributed by atoms with Gasteiger partial charge in [-0.1, -0.05) is 12.1 Å². The number of hydrogen-bond donors (Lipinski definition) is 0. The van der Waals surface area contributed by atoms with Gasteiger partial charge >= 0.3 is 6.09 Å². The first-order valence-corrected chi connectivity index (χ1v) is 8.14. The predicted octanol–water partition coefficient (Wildman–Crippen LogP) is 2.29. The van der Waals surface area contributed by atoms with E-state index in [2.05, 4.69) is 4.98 Å². The molecular formula is C18H19N3O3. The highest BCUT2D eigenvalue weighted by atomic mass is 16.6. The Kier molecular flexibility index (Phi) is 3.40. The lowest BCUT2D eigenvalue weighted by Crippen LogP contribution is -2.48. The Bertz CT molecular complexity index is 807. The SMILES string of the molecule is CN1CC2(CCN(C(=O)c3cccc4cnccc34)CC2)OC1=O. The summed E-state index contributed by atoms with van der Waals surface area (Å²) in [5.41, 5.74) is 0.275. The van der Waals surface area contributed by atoms with Crippen LogP contribution in [-0.4, -0.2) is 59.1 Å². The molecule has 6 heteroatoms. The summed E-state index contributed by atoms with van der Waals surface area (Å²) in [5.74, 6) is 0.0272. The minimum Gasteiger partial charge on any atom is -0.441 e. The molecule has 1 spiro atoms. The third-order valence-electron chi connectivity index (χ3n) is 5.01. The molecular weight excluding hydrogens is 306 g/mol. The molecule has 3 heterocycles. The number of rotatable bonds is 1. The zero-order chi connectivity index (χ0) is 16.7. The second-order valence-corrected chi connectivity index (χ2v) is 6.60. The zero-order valence-electron chi connectivity index (χ0n) is 13.6. The molecule has 1 aromatic carbocycles. The fourth-order valence-corrected chi connectivity index (χ4v) is 3.65. The summed E-state index contributed by atoms with van der Waals surface area (Å²) in [6.45, 7) is 1.80. The van der Waals surface area contributed by atoms with E-state index in [0.717, 1.165) is 10.8 Å². The Labute approximate surface area is 140 Å². The number of hydrogen-bond acceptors (Lipinski definition) is 4. The van der Waals surface area contributed by atoms with Gasteiger partial charge < -0.3 is 14.5 Å². The standard InChI is InChI=1S/C18H19N3O3/c1-20-12-18(24-17(20)23)6-9-21(10-7-18)16(22)15-4-2-3-13-11-19-8-5-14(13)15/h2-5,8,11H,6-7,9-10,12H2,1H3. The van der Waals surface area contributed by atoms with Gasteiger partial charge in [0.25, 0.3) is 5.91 Å². The third kappa shape index (κ3) is 2.38. The Morgan fingerprint density at radius 3 is 2.75 bits per heavy atom. The van der Waals surface area contributed by atoms with Gasteiger partial charge in [0.05, 0.1) is 6.54 Å². The maximum absolute atomic E-state index is 12.9. The van der Waals surface area contributed by atoms with E-state index in [9.17, 15) is 9.59 Å².